The Morgan fingerprint density at radius 1 is 1.04 bits per heavy atom. The van der Waals surface area contributed by atoms with Gasteiger partial charge in [-0.2, -0.15) is 0 Å². The number of fused-ring (bicyclic) bond motifs is 1. The molecule has 1 spiro atoms. The Balaban J connectivity index is 1.71. The molecule has 5 heteroatoms. The summed E-state index contributed by atoms with van der Waals surface area (Å²) in [5.74, 6) is -2.21. The molecule has 1 aromatic carbocycles. The van der Waals surface area contributed by atoms with Crippen molar-refractivity contribution in [1.82, 2.24) is 4.98 Å². The lowest BCUT2D eigenvalue weighted by atomic mass is 9.93. The number of aromatic amines is 1. The van der Waals surface area contributed by atoms with Gasteiger partial charge in [-0.3, -0.25) is 0 Å². The van der Waals surface area contributed by atoms with Crippen molar-refractivity contribution in [2.45, 2.75) is 44.8 Å². The number of carbonyl (C=O) groups is 2. The molecule has 1 aliphatic heterocycles. The van der Waals surface area contributed by atoms with Gasteiger partial charge < -0.3 is 14.5 Å². The highest BCUT2D eigenvalue weighted by Crippen LogP contribution is 2.37. The molecule has 2 aliphatic rings. The summed E-state index contributed by atoms with van der Waals surface area (Å²) >= 11 is 0. The molecule has 0 bridgehead atoms. The van der Waals surface area contributed by atoms with Gasteiger partial charge in [-0.15, -0.1) is 0 Å². The van der Waals surface area contributed by atoms with E-state index in [1.165, 1.54) is 0 Å². The molecule has 2 aromatic rings. The topological polar surface area (TPSA) is 68.4 Å². The van der Waals surface area contributed by atoms with Gasteiger partial charge in [0.15, 0.2) is 0 Å². The Morgan fingerprint density at radius 2 is 1.71 bits per heavy atom. The SMILES string of the molecule is Cc1[nH]c2ccccc2c1C=C1C(=O)OC2(CCCCC2)OC1=O. The van der Waals surface area contributed by atoms with Crippen molar-refractivity contribution in [3.8, 4) is 0 Å². The molecule has 5 nitrogen and oxygen atoms in total. The van der Waals surface area contributed by atoms with Crippen LogP contribution in [0.15, 0.2) is 29.8 Å². The van der Waals surface area contributed by atoms with Crippen LogP contribution in [0.4, 0.5) is 0 Å². The van der Waals surface area contributed by atoms with Crippen molar-refractivity contribution < 1.29 is 19.1 Å². The molecular weight excluding hydrogens is 306 g/mol. The van der Waals surface area contributed by atoms with Crippen LogP contribution in [-0.2, 0) is 19.1 Å². The second kappa shape index (κ2) is 5.51. The molecule has 124 valence electrons. The zero-order valence-corrected chi connectivity index (χ0v) is 13.6. The Hall–Kier alpha value is -2.56. The number of rotatable bonds is 1. The first-order valence-corrected chi connectivity index (χ1v) is 8.34. The number of ether oxygens (including phenoxy) is 2. The minimum atomic E-state index is -1.04. The lowest BCUT2D eigenvalue weighted by Gasteiger charge is -2.38. The predicted molar refractivity (Wildman–Crippen MR) is 89.0 cm³/mol. The zero-order valence-electron chi connectivity index (χ0n) is 13.6. The van der Waals surface area contributed by atoms with E-state index in [1.54, 1.807) is 6.08 Å². The summed E-state index contributed by atoms with van der Waals surface area (Å²) in [6.07, 6.45) is 5.64. The summed E-state index contributed by atoms with van der Waals surface area (Å²) in [6.45, 7) is 1.91. The maximum atomic E-state index is 12.5. The molecule has 4 rings (SSSR count). The monoisotopic (exact) mass is 325 g/mol. The van der Waals surface area contributed by atoms with Gasteiger partial charge in [-0.1, -0.05) is 24.6 Å². The number of aryl methyl sites for hydroxylation is 1. The molecule has 2 fully saturated rings. The zero-order chi connectivity index (χ0) is 16.7. The molecule has 1 N–H and O–H groups in total. The highest BCUT2D eigenvalue weighted by Gasteiger charge is 2.46. The quantitative estimate of drug-likeness (QED) is 0.494. The Labute approximate surface area is 139 Å². The van der Waals surface area contributed by atoms with E-state index in [0.29, 0.717) is 12.8 Å². The van der Waals surface area contributed by atoms with Crippen LogP contribution in [0.3, 0.4) is 0 Å². The largest absolute Gasteiger partial charge is 0.419 e. The lowest BCUT2D eigenvalue weighted by molar-refractivity contribution is -0.244. The number of benzene rings is 1. The average Bonchev–Trinajstić information content (AvgIpc) is 2.87. The van der Waals surface area contributed by atoms with Gasteiger partial charge >= 0.3 is 11.9 Å². The van der Waals surface area contributed by atoms with Crippen LogP contribution in [0.5, 0.6) is 0 Å². The van der Waals surface area contributed by atoms with Crippen LogP contribution < -0.4 is 0 Å². The summed E-state index contributed by atoms with van der Waals surface area (Å²) < 4.78 is 11.1. The van der Waals surface area contributed by atoms with Crippen LogP contribution in [0.25, 0.3) is 17.0 Å². The molecule has 0 radical (unpaired) electrons. The summed E-state index contributed by atoms with van der Waals surface area (Å²) in [5, 5.41) is 0.959. The Morgan fingerprint density at radius 3 is 2.42 bits per heavy atom. The molecule has 2 heterocycles. The third-order valence-corrected chi connectivity index (χ3v) is 4.84. The Kier molecular flexibility index (Phi) is 3.44. The van der Waals surface area contributed by atoms with Gasteiger partial charge in [0, 0.05) is 35.0 Å². The van der Waals surface area contributed by atoms with Crippen molar-refractivity contribution in [1.29, 1.82) is 0 Å². The standard InChI is InChI=1S/C19H19NO4/c1-12-14(13-7-3-4-8-16(13)20-12)11-15-17(21)23-19(24-18(15)22)9-5-2-6-10-19/h3-4,7-8,11,20H,2,5-6,9-10H2,1H3. The second-order valence-corrected chi connectivity index (χ2v) is 6.52. The third kappa shape index (κ3) is 2.40. The summed E-state index contributed by atoms with van der Waals surface area (Å²) in [6, 6.07) is 7.77. The number of H-pyrrole nitrogens is 1. The maximum Gasteiger partial charge on any atom is 0.348 e. The van der Waals surface area contributed by atoms with Gasteiger partial charge in [0.25, 0.3) is 5.79 Å². The maximum absolute atomic E-state index is 12.5. The van der Waals surface area contributed by atoms with E-state index in [-0.39, 0.29) is 5.57 Å². The number of hydrogen-bond donors (Lipinski definition) is 1. The van der Waals surface area contributed by atoms with Crippen LogP contribution in [0.2, 0.25) is 0 Å². The van der Waals surface area contributed by atoms with E-state index in [4.69, 9.17) is 9.47 Å². The van der Waals surface area contributed by atoms with Gasteiger partial charge in [-0.05, 0) is 31.9 Å². The predicted octanol–water partition coefficient (Wildman–Crippen LogP) is 3.62. The first-order valence-electron chi connectivity index (χ1n) is 8.34. The van der Waals surface area contributed by atoms with Gasteiger partial charge in [0.2, 0.25) is 0 Å². The van der Waals surface area contributed by atoms with Crippen LogP contribution in [0, 0.1) is 6.92 Å². The van der Waals surface area contributed by atoms with Crippen LogP contribution in [0.1, 0.15) is 43.4 Å². The van der Waals surface area contributed by atoms with Crippen LogP contribution in [-0.4, -0.2) is 22.7 Å². The normalized spacial score (nSPS) is 20.1. The summed E-state index contributed by atoms with van der Waals surface area (Å²) in [5.41, 5.74) is 2.62. The number of esters is 2. The van der Waals surface area contributed by atoms with E-state index < -0.39 is 17.7 Å². The summed E-state index contributed by atoms with van der Waals surface area (Å²) in [4.78, 5) is 28.2. The number of aromatic nitrogens is 1. The molecule has 1 saturated heterocycles. The van der Waals surface area contributed by atoms with E-state index >= 15 is 0 Å². The molecular formula is C19H19NO4. The van der Waals surface area contributed by atoms with E-state index in [2.05, 4.69) is 4.98 Å². The number of nitrogens with one attached hydrogen (secondary N) is 1. The molecule has 0 unspecified atom stereocenters. The molecule has 1 aliphatic carbocycles. The minimum Gasteiger partial charge on any atom is -0.419 e. The smallest absolute Gasteiger partial charge is 0.348 e. The van der Waals surface area contributed by atoms with Crippen molar-refractivity contribution in [3.05, 3.63) is 41.1 Å². The molecule has 24 heavy (non-hydrogen) atoms. The molecule has 1 saturated carbocycles. The first-order chi connectivity index (χ1) is 11.6. The fourth-order valence-electron chi connectivity index (χ4n) is 3.59. The summed E-state index contributed by atoms with van der Waals surface area (Å²) in [7, 11) is 0. The van der Waals surface area contributed by atoms with Gasteiger partial charge in [-0.25, -0.2) is 9.59 Å². The van der Waals surface area contributed by atoms with Crippen molar-refractivity contribution >= 4 is 28.9 Å². The highest BCUT2D eigenvalue weighted by atomic mass is 16.7. The van der Waals surface area contributed by atoms with Crippen molar-refractivity contribution in [3.63, 3.8) is 0 Å². The molecule has 0 atom stereocenters. The molecule has 0 amide bonds. The first kappa shape index (κ1) is 15.0. The number of hydrogen-bond acceptors (Lipinski definition) is 4. The number of para-hydroxylation sites is 1. The van der Waals surface area contributed by atoms with Crippen LogP contribution >= 0.6 is 0 Å². The molecule has 1 aromatic heterocycles. The highest BCUT2D eigenvalue weighted by molar-refractivity contribution is 6.19. The fourth-order valence-corrected chi connectivity index (χ4v) is 3.59. The lowest BCUT2D eigenvalue weighted by Crippen LogP contribution is -2.47. The second-order valence-electron chi connectivity index (χ2n) is 6.52. The third-order valence-electron chi connectivity index (χ3n) is 4.84. The van der Waals surface area contributed by atoms with Crippen molar-refractivity contribution in [2.75, 3.05) is 0 Å². The fraction of sp³-hybridized carbons (Fsp3) is 0.368. The average molecular weight is 325 g/mol. The van der Waals surface area contributed by atoms with Crippen molar-refractivity contribution in [2.24, 2.45) is 0 Å². The van der Waals surface area contributed by atoms with E-state index in [0.717, 1.165) is 41.4 Å². The Bertz CT molecular complexity index is 833. The van der Waals surface area contributed by atoms with Gasteiger partial charge in [0.05, 0.1) is 0 Å². The van der Waals surface area contributed by atoms with Gasteiger partial charge in [0.1, 0.15) is 5.57 Å². The van der Waals surface area contributed by atoms with E-state index in [9.17, 15) is 9.59 Å². The minimum absolute atomic E-state index is 0.0425. The van der Waals surface area contributed by atoms with E-state index in [1.807, 2.05) is 31.2 Å². The number of carbonyl (C=O) groups excluding carboxylic acids is 2.